The highest BCUT2D eigenvalue weighted by atomic mass is 19.3. The number of halogens is 3. The van der Waals surface area contributed by atoms with E-state index in [0.717, 1.165) is 6.92 Å². The standard InChI is InChI=1S/C21H24F3N5O3/c1-12-4-17(29-18(26-12)19(3,23)24)28-14-5-16(27-13(2)30)25-6-15(14)31-10-20-7-21(8-20,9-22)32-11-20/h4-6H,7-11H2,1-3H3,(H2,25,26,27,28,29,30). The summed E-state index contributed by atoms with van der Waals surface area (Å²) in [6.45, 7) is 3.83. The van der Waals surface area contributed by atoms with Gasteiger partial charge in [-0.1, -0.05) is 0 Å². The summed E-state index contributed by atoms with van der Waals surface area (Å²) in [7, 11) is 0. The number of nitrogens with zero attached hydrogens (tertiary/aromatic N) is 3. The second kappa shape index (κ2) is 7.88. The van der Waals surface area contributed by atoms with Crippen LogP contribution in [-0.4, -0.2) is 46.3 Å². The van der Waals surface area contributed by atoms with Crippen molar-refractivity contribution >= 4 is 23.2 Å². The van der Waals surface area contributed by atoms with Crippen LogP contribution < -0.4 is 15.4 Å². The van der Waals surface area contributed by atoms with Gasteiger partial charge in [0, 0.05) is 37.1 Å². The van der Waals surface area contributed by atoms with Gasteiger partial charge in [0.2, 0.25) is 11.7 Å². The van der Waals surface area contributed by atoms with Crippen molar-refractivity contribution in [2.24, 2.45) is 5.41 Å². The first-order valence-corrected chi connectivity index (χ1v) is 10.1. The van der Waals surface area contributed by atoms with E-state index in [1.807, 2.05) is 0 Å². The minimum Gasteiger partial charge on any atom is -0.489 e. The Morgan fingerprint density at radius 2 is 2.03 bits per heavy atom. The van der Waals surface area contributed by atoms with Crippen molar-refractivity contribution in [3.05, 3.63) is 29.8 Å². The zero-order chi connectivity index (χ0) is 23.1. The summed E-state index contributed by atoms with van der Waals surface area (Å²) in [6, 6.07) is 3.04. The van der Waals surface area contributed by atoms with Gasteiger partial charge in [0.25, 0.3) is 0 Å². The largest absolute Gasteiger partial charge is 0.489 e. The fourth-order valence-electron chi connectivity index (χ4n) is 4.20. The van der Waals surface area contributed by atoms with Crippen molar-refractivity contribution in [1.82, 2.24) is 15.0 Å². The van der Waals surface area contributed by atoms with Crippen LogP contribution in [0.2, 0.25) is 0 Å². The molecule has 2 aromatic rings. The third-order valence-corrected chi connectivity index (χ3v) is 5.54. The lowest BCUT2D eigenvalue weighted by Gasteiger charge is -2.42. The fourth-order valence-corrected chi connectivity index (χ4v) is 4.20. The number of ether oxygens (including phenoxy) is 2. The Labute approximate surface area is 183 Å². The molecule has 1 amide bonds. The first-order chi connectivity index (χ1) is 15.0. The topological polar surface area (TPSA) is 98.3 Å². The van der Waals surface area contributed by atoms with Crippen LogP contribution in [0, 0.1) is 12.3 Å². The lowest BCUT2D eigenvalue weighted by Crippen LogP contribution is -2.48. The predicted octanol–water partition coefficient (Wildman–Crippen LogP) is 3.89. The Hall–Kier alpha value is -2.95. The van der Waals surface area contributed by atoms with Gasteiger partial charge in [0.05, 0.1) is 30.7 Å². The van der Waals surface area contributed by atoms with E-state index in [9.17, 15) is 18.0 Å². The van der Waals surface area contributed by atoms with Crippen molar-refractivity contribution in [2.45, 2.75) is 45.1 Å². The van der Waals surface area contributed by atoms with Crippen molar-refractivity contribution in [3.63, 3.8) is 0 Å². The van der Waals surface area contributed by atoms with Gasteiger partial charge in [-0.25, -0.2) is 19.3 Å². The molecule has 0 atom stereocenters. The van der Waals surface area contributed by atoms with E-state index in [0.29, 0.717) is 36.6 Å². The Morgan fingerprint density at radius 1 is 1.28 bits per heavy atom. The molecular weight excluding hydrogens is 427 g/mol. The third kappa shape index (κ3) is 4.47. The number of fused-ring (bicyclic) bond motifs is 1. The lowest BCUT2D eigenvalue weighted by atomic mass is 9.63. The van der Waals surface area contributed by atoms with Crippen LogP contribution in [0.3, 0.4) is 0 Å². The molecule has 2 N–H and O–H groups in total. The van der Waals surface area contributed by atoms with Gasteiger partial charge in [-0.3, -0.25) is 4.79 Å². The summed E-state index contributed by atoms with van der Waals surface area (Å²) in [5.41, 5.74) is -0.212. The molecule has 2 saturated heterocycles. The second-order valence-electron chi connectivity index (χ2n) is 8.73. The van der Waals surface area contributed by atoms with Gasteiger partial charge in [-0.15, -0.1) is 0 Å². The van der Waals surface area contributed by atoms with E-state index in [1.54, 1.807) is 6.92 Å². The lowest BCUT2D eigenvalue weighted by molar-refractivity contribution is -0.114. The molecule has 1 aliphatic carbocycles. The van der Waals surface area contributed by atoms with E-state index in [1.165, 1.54) is 25.3 Å². The van der Waals surface area contributed by atoms with Crippen LogP contribution in [0.15, 0.2) is 18.3 Å². The highest BCUT2D eigenvalue weighted by molar-refractivity contribution is 5.88. The predicted molar refractivity (Wildman–Crippen MR) is 110 cm³/mol. The molecule has 1 saturated carbocycles. The number of aromatic nitrogens is 3. The first kappa shape index (κ1) is 22.3. The Morgan fingerprint density at radius 3 is 2.66 bits per heavy atom. The monoisotopic (exact) mass is 451 g/mol. The van der Waals surface area contributed by atoms with Gasteiger partial charge < -0.3 is 20.1 Å². The molecule has 2 aliphatic heterocycles. The summed E-state index contributed by atoms with van der Waals surface area (Å²) in [4.78, 5) is 23.3. The maximum absolute atomic E-state index is 13.8. The number of anilines is 3. The molecular formula is C21H24F3N5O3. The number of hydrogen-bond donors (Lipinski definition) is 2. The first-order valence-electron chi connectivity index (χ1n) is 10.1. The van der Waals surface area contributed by atoms with Gasteiger partial charge >= 0.3 is 5.92 Å². The smallest absolute Gasteiger partial charge is 0.303 e. The Kier molecular flexibility index (Phi) is 5.48. The SMILES string of the molecule is CC(=O)Nc1cc(Nc2cc(C)nc(C(C)(F)F)n2)c(OCC23COC(CF)(C2)C3)cn1. The van der Waals surface area contributed by atoms with Crippen LogP contribution in [0.5, 0.6) is 5.75 Å². The molecule has 0 spiro atoms. The second-order valence-corrected chi connectivity index (χ2v) is 8.73. The molecule has 11 heteroatoms. The number of carbonyl (C=O) groups excluding carboxylic acids is 1. The van der Waals surface area contributed by atoms with Gasteiger partial charge in [0.1, 0.15) is 18.3 Å². The van der Waals surface area contributed by atoms with Crippen molar-refractivity contribution in [2.75, 3.05) is 30.5 Å². The number of amides is 1. The van der Waals surface area contributed by atoms with E-state index in [2.05, 4.69) is 25.6 Å². The van der Waals surface area contributed by atoms with Crippen molar-refractivity contribution in [1.29, 1.82) is 0 Å². The van der Waals surface area contributed by atoms with Crippen molar-refractivity contribution in [3.8, 4) is 5.75 Å². The molecule has 3 aliphatic rings. The van der Waals surface area contributed by atoms with Crippen LogP contribution in [0.25, 0.3) is 0 Å². The Balaban J connectivity index is 1.58. The number of hydrogen-bond acceptors (Lipinski definition) is 7. The van der Waals surface area contributed by atoms with Crippen LogP contribution in [-0.2, 0) is 15.5 Å². The number of aryl methyl sites for hydroxylation is 1. The average Bonchev–Trinajstić information content (AvgIpc) is 3.22. The summed E-state index contributed by atoms with van der Waals surface area (Å²) >= 11 is 0. The highest BCUT2D eigenvalue weighted by Crippen LogP contribution is 2.58. The average molecular weight is 451 g/mol. The molecule has 0 radical (unpaired) electrons. The molecule has 2 aromatic heterocycles. The molecule has 4 heterocycles. The number of carbonyl (C=O) groups is 1. The summed E-state index contributed by atoms with van der Waals surface area (Å²) < 4.78 is 52.3. The zero-order valence-corrected chi connectivity index (χ0v) is 18.0. The molecule has 32 heavy (non-hydrogen) atoms. The minimum absolute atomic E-state index is 0.140. The summed E-state index contributed by atoms with van der Waals surface area (Å²) in [5, 5.41) is 5.54. The molecule has 0 aromatic carbocycles. The minimum atomic E-state index is -3.21. The number of nitrogens with one attached hydrogen (secondary N) is 2. The quantitative estimate of drug-likeness (QED) is 0.628. The number of rotatable bonds is 8. The molecule has 172 valence electrons. The van der Waals surface area contributed by atoms with Gasteiger partial charge in [0.15, 0.2) is 5.75 Å². The van der Waals surface area contributed by atoms with E-state index < -0.39 is 24.0 Å². The molecule has 2 bridgehead atoms. The maximum atomic E-state index is 13.8. The van der Waals surface area contributed by atoms with Crippen LogP contribution in [0.4, 0.5) is 30.5 Å². The van der Waals surface area contributed by atoms with Crippen LogP contribution in [0.1, 0.15) is 38.2 Å². The fraction of sp³-hybridized carbons (Fsp3) is 0.524. The van der Waals surface area contributed by atoms with Gasteiger partial charge in [-0.2, -0.15) is 8.78 Å². The third-order valence-electron chi connectivity index (χ3n) is 5.54. The molecule has 8 nitrogen and oxygen atoms in total. The molecule has 3 fully saturated rings. The number of pyridine rings is 1. The van der Waals surface area contributed by atoms with Crippen LogP contribution >= 0.6 is 0 Å². The number of alkyl halides is 3. The molecule has 5 rings (SSSR count). The highest BCUT2D eigenvalue weighted by Gasteiger charge is 2.63. The maximum Gasteiger partial charge on any atom is 0.303 e. The zero-order valence-electron chi connectivity index (χ0n) is 18.0. The van der Waals surface area contributed by atoms with Gasteiger partial charge in [-0.05, 0) is 19.8 Å². The van der Waals surface area contributed by atoms with E-state index in [-0.39, 0.29) is 29.6 Å². The molecule has 0 unspecified atom stereocenters. The van der Waals surface area contributed by atoms with E-state index >= 15 is 0 Å². The summed E-state index contributed by atoms with van der Waals surface area (Å²) in [5.74, 6) is -3.42. The van der Waals surface area contributed by atoms with E-state index in [4.69, 9.17) is 9.47 Å². The Bertz CT molecular complexity index is 1040. The normalized spacial score (nSPS) is 24.1. The summed E-state index contributed by atoms with van der Waals surface area (Å²) in [6.07, 6.45) is 2.58. The van der Waals surface area contributed by atoms with Crippen molar-refractivity contribution < 1.29 is 27.4 Å².